The molecule has 98 heavy (non-hydrogen) atoms. The number of aromatic nitrogens is 8. The molecule has 0 spiro atoms. The van der Waals surface area contributed by atoms with E-state index in [2.05, 4.69) is 277 Å². The molecule has 8 aromatic heterocycles. The molecule has 8 heteroatoms. The van der Waals surface area contributed by atoms with Gasteiger partial charge in [-0.1, -0.05) is 243 Å². The molecule has 0 radical (unpaired) electrons. The van der Waals surface area contributed by atoms with Crippen molar-refractivity contribution >= 4 is 120 Å². The van der Waals surface area contributed by atoms with Crippen LogP contribution in [-0.2, 0) is 0 Å². The minimum Gasteiger partial charge on any atom is -0.255 e. The summed E-state index contributed by atoms with van der Waals surface area (Å²) >= 11 is 0. The third-order valence-corrected chi connectivity index (χ3v) is 19.2. The maximum Gasteiger partial charge on any atom is 0.0978 e. The SMILES string of the molecule is c1ccc(-c2c3ccccc3nc3c2ccc2ccc(-c4ccc(-c5cccc(-c6ccccn6)n5)cc4)nc23)cc1.c1ccc(-c2c3ccccc3nc3c2ccc2ccc(-c4ccc5c6ccc(-c7ccc8ccc9cccnc9c8n7)cc6c6ccccc6c5c4)nc23)cc1. The van der Waals surface area contributed by atoms with Crippen molar-refractivity contribution in [1.82, 2.24) is 39.9 Å². The van der Waals surface area contributed by atoms with Gasteiger partial charge in [-0.05, 0) is 116 Å². The van der Waals surface area contributed by atoms with Crippen molar-refractivity contribution in [2.24, 2.45) is 0 Å². The van der Waals surface area contributed by atoms with E-state index < -0.39 is 0 Å². The lowest BCUT2D eigenvalue weighted by Gasteiger charge is -2.14. The summed E-state index contributed by atoms with van der Waals surface area (Å²) in [5.41, 5.74) is 21.8. The molecule has 454 valence electrons. The van der Waals surface area contributed by atoms with E-state index in [1.54, 1.807) is 6.20 Å². The van der Waals surface area contributed by atoms with Gasteiger partial charge in [0.2, 0.25) is 0 Å². The Morgan fingerprint density at radius 3 is 1.06 bits per heavy atom. The van der Waals surface area contributed by atoms with Gasteiger partial charge in [0.1, 0.15) is 0 Å². The number of benzene rings is 12. The van der Waals surface area contributed by atoms with Gasteiger partial charge in [0.05, 0.1) is 78.3 Å². The summed E-state index contributed by atoms with van der Waals surface area (Å²) in [5.74, 6) is 0. The lowest BCUT2D eigenvalue weighted by Crippen LogP contribution is -1.93. The predicted molar refractivity (Wildman–Crippen MR) is 406 cm³/mol. The molecule has 0 aliphatic carbocycles. The summed E-state index contributed by atoms with van der Waals surface area (Å²) in [7, 11) is 0. The fourth-order valence-corrected chi connectivity index (χ4v) is 14.5. The zero-order valence-corrected chi connectivity index (χ0v) is 52.8. The van der Waals surface area contributed by atoms with Crippen LogP contribution in [0.5, 0.6) is 0 Å². The van der Waals surface area contributed by atoms with Crippen LogP contribution in [0.1, 0.15) is 0 Å². The largest absolute Gasteiger partial charge is 0.255 e. The lowest BCUT2D eigenvalue weighted by molar-refractivity contribution is 1.25. The van der Waals surface area contributed by atoms with Crippen LogP contribution in [0.25, 0.3) is 198 Å². The van der Waals surface area contributed by atoms with Gasteiger partial charge < -0.3 is 0 Å². The van der Waals surface area contributed by atoms with Gasteiger partial charge in [0.25, 0.3) is 0 Å². The highest BCUT2D eigenvalue weighted by Crippen LogP contribution is 2.43. The van der Waals surface area contributed by atoms with E-state index in [1.807, 2.05) is 54.7 Å². The summed E-state index contributed by atoms with van der Waals surface area (Å²) in [5, 5.41) is 16.1. The van der Waals surface area contributed by atoms with E-state index in [4.69, 9.17) is 29.9 Å². The quantitative estimate of drug-likeness (QED) is 0.115. The number of rotatable bonds is 7. The zero-order chi connectivity index (χ0) is 64.6. The van der Waals surface area contributed by atoms with Gasteiger partial charge in [-0.2, -0.15) is 0 Å². The van der Waals surface area contributed by atoms with Crippen molar-refractivity contribution in [2.45, 2.75) is 0 Å². The van der Waals surface area contributed by atoms with Crippen LogP contribution in [0, 0.1) is 0 Å². The topological polar surface area (TPSA) is 103 Å². The molecule has 0 fully saturated rings. The van der Waals surface area contributed by atoms with Crippen LogP contribution < -0.4 is 0 Å². The molecular weight excluding hydrogens is 1190 g/mol. The molecule has 0 aliphatic heterocycles. The lowest BCUT2D eigenvalue weighted by atomic mass is 9.91. The molecule has 20 rings (SSSR count). The van der Waals surface area contributed by atoms with Crippen molar-refractivity contribution < 1.29 is 0 Å². The number of pyridine rings is 8. The second-order valence-electron chi connectivity index (χ2n) is 24.9. The van der Waals surface area contributed by atoms with Crippen LogP contribution in [0.15, 0.2) is 328 Å². The van der Waals surface area contributed by atoms with E-state index in [0.717, 1.165) is 144 Å². The predicted octanol–water partition coefficient (Wildman–Crippen LogP) is 22.9. The molecule has 8 heterocycles. The summed E-state index contributed by atoms with van der Waals surface area (Å²) in [6.45, 7) is 0. The Bertz CT molecular complexity index is 6580. The maximum atomic E-state index is 5.38. The highest BCUT2D eigenvalue weighted by atomic mass is 14.8. The van der Waals surface area contributed by atoms with Crippen LogP contribution in [-0.4, -0.2) is 39.9 Å². The van der Waals surface area contributed by atoms with Gasteiger partial charge in [0, 0.05) is 88.9 Å². The molecule has 0 atom stereocenters. The second-order valence-corrected chi connectivity index (χ2v) is 24.9. The van der Waals surface area contributed by atoms with Crippen molar-refractivity contribution in [3.05, 3.63) is 328 Å². The van der Waals surface area contributed by atoms with Gasteiger partial charge in [-0.3, -0.25) is 9.97 Å². The Kier molecular flexibility index (Phi) is 13.4. The van der Waals surface area contributed by atoms with E-state index in [1.165, 1.54) is 54.6 Å². The molecule has 12 aromatic carbocycles. The average Bonchev–Trinajstić information content (AvgIpc) is 0.748. The smallest absolute Gasteiger partial charge is 0.0978 e. The zero-order valence-electron chi connectivity index (χ0n) is 52.8. The number of hydrogen-bond donors (Lipinski definition) is 0. The minimum atomic E-state index is 0.857. The van der Waals surface area contributed by atoms with E-state index >= 15 is 0 Å². The van der Waals surface area contributed by atoms with E-state index in [0.29, 0.717) is 0 Å². The van der Waals surface area contributed by atoms with Gasteiger partial charge in [-0.25, -0.2) is 29.9 Å². The number of para-hydroxylation sites is 2. The molecule has 0 unspecified atom stereocenters. The first kappa shape index (κ1) is 56.3. The number of fused-ring (bicyclic) bond motifs is 17. The summed E-state index contributed by atoms with van der Waals surface area (Å²) < 4.78 is 0. The molecule has 0 bridgehead atoms. The second kappa shape index (κ2) is 23.3. The monoisotopic (exact) mass is 1250 g/mol. The first-order valence-electron chi connectivity index (χ1n) is 32.9. The maximum absolute atomic E-state index is 5.38. The Balaban J connectivity index is 0.000000143. The molecule has 0 saturated heterocycles. The fourth-order valence-electron chi connectivity index (χ4n) is 14.5. The van der Waals surface area contributed by atoms with Crippen molar-refractivity contribution in [3.63, 3.8) is 0 Å². The molecule has 8 nitrogen and oxygen atoms in total. The first-order valence-corrected chi connectivity index (χ1v) is 32.9. The number of nitrogens with zero attached hydrogens (tertiary/aromatic N) is 8. The van der Waals surface area contributed by atoms with Crippen LogP contribution in [0.3, 0.4) is 0 Å². The van der Waals surface area contributed by atoms with E-state index in [-0.39, 0.29) is 0 Å². The Morgan fingerprint density at radius 2 is 0.541 bits per heavy atom. The van der Waals surface area contributed by atoms with Gasteiger partial charge in [-0.15, -0.1) is 0 Å². The Hall–Kier alpha value is -13.3. The normalized spacial score (nSPS) is 11.7. The van der Waals surface area contributed by atoms with E-state index in [9.17, 15) is 0 Å². The third kappa shape index (κ3) is 9.69. The summed E-state index contributed by atoms with van der Waals surface area (Å²) in [6.07, 6.45) is 3.63. The number of hydrogen-bond acceptors (Lipinski definition) is 8. The highest BCUT2D eigenvalue weighted by molar-refractivity contribution is 6.26. The standard InChI is InChI=1S/C52H30N4.C38H24N4/c1-2-9-31(10-3-1)48-41-14-6-7-15-47(41)56-52-42(48)25-18-34-22-27-46(55-51(34)52)36-20-24-40-39-23-19-35(29-43(39)37-12-4-5-13-38(37)44(40)30-36)45-26-21-33-17-16-32-11-8-28-53-49(32)50(33)54-45;1-2-9-27(10-3-1)36-29-11-4-5-12-33(29)42-38-30(36)22-20-28-21-23-32(41-37(28)38)26-18-16-25(17-19-26)31-14-8-15-35(40-31)34-13-6-7-24-39-34/h1-30H;1-24H. The van der Waals surface area contributed by atoms with Gasteiger partial charge >= 0.3 is 0 Å². The van der Waals surface area contributed by atoms with Gasteiger partial charge in [0.15, 0.2) is 0 Å². The van der Waals surface area contributed by atoms with Crippen LogP contribution >= 0.6 is 0 Å². The van der Waals surface area contributed by atoms with Crippen LogP contribution in [0.2, 0.25) is 0 Å². The molecule has 0 saturated carbocycles. The highest BCUT2D eigenvalue weighted by Gasteiger charge is 2.19. The molecule has 0 aliphatic rings. The Labute approximate surface area is 562 Å². The minimum absolute atomic E-state index is 0.857. The molecule has 0 amide bonds. The summed E-state index contributed by atoms with van der Waals surface area (Å²) in [6, 6.07) is 110. The van der Waals surface area contributed by atoms with Crippen molar-refractivity contribution in [3.8, 4) is 78.7 Å². The van der Waals surface area contributed by atoms with Crippen molar-refractivity contribution in [2.75, 3.05) is 0 Å². The fraction of sp³-hybridized carbons (Fsp3) is 0. The average molecular weight is 1250 g/mol. The molecule has 0 N–H and O–H groups in total. The molecular formula is C90H54N8. The Morgan fingerprint density at radius 1 is 0.163 bits per heavy atom. The first-order chi connectivity index (χ1) is 48.6. The van der Waals surface area contributed by atoms with Crippen molar-refractivity contribution in [1.29, 1.82) is 0 Å². The van der Waals surface area contributed by atoms with Crippen LogP contribution in [0.4, 0.5) is 0 Å². The molecule has 20 aromatic rings. The summed E-state index contributed by atoms with van der Waals surface area (Å²) in [4.78, 5) is 40.1. The third-order valence-electron chi connectivity index (χ3n) is 19.2.